The fourth-order valence-corrected chi connectivity index (χ4v) is 2.33. The number of halogens is 1. The normalized spacial score (nSPS) is 12.3. The molecule has 0 aliphatic heterocycles. The summed E-state index contributed by atoms with van der Waals surface area (Å²) in [5.74, 6) is 0.285. The molecule has 0 aliphatic rings. The molecule has 0 fully saturated rings. The molecule has 3 aromatic rings. The molecule has 0 radical (unpaired) electrons. The number of hydrogen-bond acceptors (Lipinski definition) is 2. The Bertz CT molecular complexity index is 762. The zero-order valence-corrected chi connectivity index (χ0v) is 12.1. The van der Waals surface area contributed by atoms with Gasteiger partial charge in [0.2, 0.25) is 5.91 Å². The van der Waals surface area contributed by atoms with Gasteiger partial charge in [0.1, 0.15) is 11.6 Å². The van der Waals surface area contributed by atoms with Crippen molar-refractivity contribution in [2.24, 2.45) is 0 Å². The van der Waals surface area contributed by atoms with Gasteiger partial charge in [-0.3, -0.25) is 4.79 Å². The highest BCUT2D eigenvalue weighted by Gasteiger charge is 2.13. The van der Waals surface area contributed by atoms with Crippen molar-refractivity contribution in [3.63, 3.8) is 0 Å². The van der Waals surface area contributed by atoms with Gasteiger partial charge in [0, 0.05) is 0 Å². The molecule has 1 aromatic heterocycles. The highest BCUT2D eigenvalue weighted by Crippen LogP contribution is 2.15. The number of aromatic nitrogens is 2. The fraction of sp³-hybridized carbons (Fsp3) is 0.176. The van der Waals surface area contributed by atoms with Gasteiger partial charge in [-0.05, 0) is 36.8 Å². The van der Waals surface area contributed by atoms with Crippen molar-refractivity contribution in [1.29, 1.82) is 0 Å². The summed E-state index contributed by atoms with van der Waals surface area (Å²) >= 11 is 0. The smallest absolute Gasteiger partial charge is 0.224 e. The van der Waals surface area contributed by atoms with Crippen molar-refractivity contribution in [2.75, 3.05) is 0 Å². The first-order chi connectivity index (χ1) is 10.6. The van der Waals surface area contributed by atoms with E-state index in [9.17, 15) is 9.18 Å². The van der Waals surface area contributed by atoms with E-state index in [4.69, 9.17) is 0 Å². The van der Waals surface area contributed by atoms with Crippen molar-refractivity contribution in [1.82, 2.24) is 15.3 Å². The van der Waals surface area contributed by atoms with Gasteiger partial charge < -0.3 is 10.3 Å². The van der Waals surface area contributed by atoms with E-state index >= 15 is 0 Å². The number of carbonyl (C=O) groups is 1. The van der Waals surface area contributed by atoms with Crippen LogP contribution in [0.1, 0.15) is 24.4 Å². The molecule has 5 heteroatoms. The van der Waals surface area contributed by atoms with Gasteiger partial charge in [0.05, 0.1) is 23.5 Å². The maximum atomic E-state index is 12.8. The van der Waals surface area contributed by atoms with E-state index in [1.54, 1.807) is 12.1 Å². The second kappa shape index (κ2) is 5.97. The summed E-state index contributed by atoms with van der Waals surface area (Å²) in [7, 11) is 0. The minimum atomic E-state index is -0.306. The Hall–Kier alpha value is -2.69. The number of nitrogens with zero attached hydrogens (tertiary/aromatic N) is 1. The SMILES string of the molecule is C[C@@H](NC(=O)Cc1ccc(F)cc1)c1nc2ccccc2[nH]1. The van der Waals surface area contributed by atoms with Gasteiger partial charge in [0.15, 0.2) is 0 Å². The van der Waals surface area contributed by atoms with Crippen molar-refractivity contribution in [2.45, 2.75) is 19.4 Å². The lowest BCUT2D eigenvalue weighted by Crippen LogP contribution is -2.28. The molecule has 1 amide bonds. The number of H-pyrrole nitrogens is 1. The third-order valence-corrected chi connectivity index (χ3v) is 3.47. The van der Waals surface area contributed by atoms with Crippen LogP contribution in [0.25, 0.3) is 11.0 Å². The molecule has 0 aliphatic carbocycles. The molecule has 2 aromatic carbocycles. The van der Waals surface area contributed by atoms with Crippen LogP contribution in [-0.2, 0) is 11.2 Å². The molecule has 22 heavy (non-hydrogen) atoms. The zero-order valence-electron chi connectivity index (χ0n) is 12.1. The van der Waals surface area contributed by atoms with Crippen molar-refractivity contribution >= 4 is 16.9 Å². The number of amides is 1. The molecule has 2 N–H and O–H groups in total. The van der Waals surface area contributed by atoms with Crippen LogP contribution in [0.4, 0.5) is 4.39 Å². The third kappa shape index (κ3) is 3.14. The number of para-hydroxylation sites is 2. The second-order valence-electron chi connectivity index (χ2n) is 5.23. The van der Waals surface area contributed by atoms with Crippen molar-refractivity contribution in [3.05, 3.63) is 65.7 Å². The van der Waals surface area contributed by atoms with E-state index < -0.39 is 0 Å². The topological polar surface area (TPSA) is 57.8 Å². The number of benzene rings is 2. The minimum Gasteiger partial charge on any atom is -0.346 e. The zero-order chi connectivity index (χ0) is 15.5. The summed E-state index contributed by atoms with van der Waals surface area (Å²) < 4.78 is 12.8. The van der Waals surface area contributed by atoms with E-state index in [0.29, 0.717) is 5.82 Å². The van der Waals surface area contributed by atoms with Crippen LogP contribution in [-0.4, -0.2) is 15.9 Å². The summed E-state index contributed by atoms with van der Waals surface area (Å²) in [6, 6.07) is 13.4. The molecule has 1 heterocycles. The first-order valence-electron chi connectivity index (χ1n) is 7.10. The number of nitrogens with one attached hydrogen (secondary N) is 2. The first kappa shape index (κ1) is 14.3. The van der Waals surface area contributed by atoms with E-state index in [1.807, 2.05) is 31.2 Å². The van der Waals surface area contributed by atoms with Crippen LogP contribution in [0.15, 0.2) is 48.5 Å². The monoisotopic (exact) mass is 297 g/mol. The molecule has 0 bridgehead atoms. The van der Waals surface area contributed by atoms with Crippen LogP contribution in [0.2, 0.25) is 0 Å². The lowest BCUT2D eigenvalue weighted by atomic mass is 10.1. The van der Waals surface area contributed by atoms with Crippen molar-refractivity contribution < 1.29 is 9.18 Å². The van der Waals surface area contributed by atoms with Crippen LogP contribution in [0.3, 0.4) is 0 Å². The number of aromatic amines is 1. The van der Waals surface area contributed by atoms with E-state index in [1.165, 1.54) is 12.1 Å². The Morgan fingerprint density at radius 2 is 1.95 bits per heavy atom. The van der Waals surface area contributed by atoms with Gasteiger partial charge in [0.25, 0.3) is 0 Å². The van der Waals surface area contributed by atoms with E-state index in [-0.39, 0.29) is 24.2 Å². The summed E-state index contributed by atoms with van der Waals surface area (Å²) in [5.41, 5.74) is 2.59. The standard InChI is InChI=1S/C17H16FN3O/c1-11(17-20-14-4-2-3-5-15(14)21-17)19-16(22)10-12-6-8-13(18)9-7-12/h2-9,11H,10H2,1H3,(H,19,22)(H,20,21)/t11-/m1/s1. The summed E-state index contributed by atoms with van der Waals surface area (Å²) in [4.78, 5) is 19.7. The van der Waals surface area contributed by atoms with Gasteiger partial charge in [-0.2, -0.15) is 0 Å². The van der Waals surface area contributed by atoms with Crippen LogP contribution in [0, 0.1) is 5.82 Å². The Morgan fingerprint density at radius 1 is 1.23 bits per heavy atom. The minimum absolute atomic E-state index is 0.125. The van der Waals surface area contributed by atoms with Crippen LogP contribution in [0.5, 0.6) is 0 Å². The van der Waals surface area contributed by atoms with Gasteiger partial charge in [-0.25, -0.2) is 9.37 Å². The van der Waals surface area contributed by atoms with E-state index in [0.717, 1.165) is 16.6 Å². The van der Waals surface area contributed by atoms with E-state index in [2.05, 4.69) is 15.3 Å². The lowest BCUT2D eigenvalue weighted by Gasteiger charge is -2.11. The van der Waals surface area contributed by atoms with Crippen LogP contribution >= 0.6 is 0 Å². The maximum Gasteiger partial charge on any atom is 0.224 e. The van der Waals surface area contributed by atoms with Crippen LogP contribution < -0.4 is 5.32 Å². The average Bonchev–Trinajstić information content (AvgIpc) is 2.93. The van der Waals surface area contributed by atoms with Gasteiger partial charge in [-0.1, -0.05) is 24.3 Å². The molecular weight excluding hydrogens is 281 g/mol. The highest BCUT2D eigenvalue weighted by molar-refractivity contribution is 5.79. The van der Waals surface area contributed by atoms with Gasteiger partial charge in [-0.15, -0.1) is 0 Å². The summed E-state index contributed by atoms with van der Waals surface area (Å²) in [6.45, 7) is 1.88. The average molecular weight is 297 g/mol. The summed E-state index contributed by atoms with van der Waals surface area (Å²) in [5, 5.41) is 2.89. The highest BCUT2D eigenvalue weighted by atomic mass is 19.1. The summed E-state index contributed by atoms with van der Waals surface area (Å²) in [6.07, 6.45) is 0.213. The molecule has 3 rings (SSSR count). The Morgan fingerprint density at radius 3 is 2.68 bits per heavy atom. The number of carbonyl (C=O) groups excluding carboxylic acids is 1. The number of hydrogen-bond donors (Lipinski definition) is 2. The predicted octanol–water partition coefficient (Wildman–Crippen LogP) is 3.12. The molecule has 0 saturated heterocycles. The second-order valence-corrected chi connectivity index (χ2v) is 5.23. The largest absolute Gasteiger partial charge is 0.346 e. The van der Waals surface area contributed by atoms with Crippen molar-refractivity contribution in [3.8, 4) is 0 Å². The Labute approximate surface area is 127 Å². The predicted molar refractivity (Wildman–Crippen MR) is 82.8 cm³/mol. The first-order valence-corrected chi connectivity index (χ1v) is 7.10. The third-order valence-electron chi connectivity index (χ3n) is 3.47. The number of fused-ring (bicyclic) bond motifs is 1. The fourth-order valence-electron chi connectivity index (χ4n) is 2.33. The van der Waals surface area contributed by atoms with Gasteiger partial charge >= 0.3 is 0 Å². The Balaban J connectivity index is 1.66. The lowest BCUT2D eigenvalue weighted by molar-refractivity contribution is -0.121. The molecule has 1 atom stereocenters. The number of imidazole rings is 1. The molecule has 112 valence electrons. The maximum absolute atomic E-state index is 12.8. The molecule has 4 nitrogen and oxygen atoms in total. The number of rotatable bonds is 4. The molecule has 0 saturated carbocycles. The quantitative estimate of drug-likeness (QED) is 0.777. The Kier molecular flexibility index (Phi) is 3.87. The molecule has 0 unspecified atom stereocenters. The molecular formula is C17H16FN3O. The molecule has 0 spiro atoms.